The van der Waals surface area contributed by atoms with E-state index in [4.69, 9.17) is 4.74 Å². The third kappa shape index (κ3) is 3.53. The average Bonchev–Trinajstić information content (AvgIpc) is 3.24. The fourth-order valence-corrected chi connectivity index (χ4v) is 5.03. The van der Waals surface area contributed by atoms with Crippen LogP contribution in [0.3, 0.4) is 0 Å². The Morgan fingerprint density at radius 3 is 2.32 bits per heavy atom. The van der Waals surface area contributed by atoms with Crippen molar-refractivity contribution in [2.75, 3.05) is 20.2 Å². The highest BCUT2D eigenvalue weighted by molar-refractivity contribution is 7.89. The maximum absolute atomic E-state index is 12.9. The number of rotatable bonds is 5. The fraction of sp³-hybridized carbons (Fsp3) is 0.300. The van der Waals surface area contributed by atoms with Crippen LogP contribution < -0.4 is 4.74 Å². The van der Waals surface area contributed by atoms with Gasteiger partial charge in [0, 0.05) is 24.7 Å². The predicted octanol–water partition coefficient (Wildman–Crippen LogP) is 2.98. The summed E-state index contributed by atoms with van der Waals surface area (Å²) in [5, 5.41) is 8.34. The zero-order chi connectivity index (χ0) is 19.6. The van der Waals surface area contributed by atoms with Gasteiger partial charge in [-0.1, -0.05) is 30.3 Å². The SMILES string of the molecule is COc1ccc(S(=O)(=O)N2CCC(n3cnnc3-c3ccccc3)CC2)cc1. The minimum absolute atomic E-state index is 0.174. The number of piperidine rings is 1. The van der Waals surface area contributed by atoms with E-state index in [9.17, 15) is 8.42 Å². The molecule has 0 spiro atoms. The van der Waals surface area contributed by atoms with Gasteiger partial charge in [-0.25, -0.2) is 8.42 Å². The Morgan fingerprint density at radius 1 is 1.00 bits per heavy atom. The van der Waals surface area contributed by atoms with E-state index in [0.717, 1.165) is 11.4 Å². The van der Waals surface area contributed by atoms with Crippen LogP contribution in [0.1, 0.15) is 18.9 Å². The molecular weight excluding hydrogens is 376 g/mol. The van der Waals surface area contributed by atoms with Gasteiger partial charge in [0.2, 0.25) is 10.0 Å². The van der Waals surface area contributed by atoms with E-state index in [0.29, 0.717) is 36.6 Å². The molecular formula is C20H22N4O3S. The molecule has 3 aromatic rings. The van der Waals surface area contributed by atoms with Gasteiger partial charge < -0.3 is 9.30 Å². The summed E-state index contributed by atoms with van der Waals surface area (Å²) < 4.78 is 34.6. The molecule has 2 aromatic carbocycles. The van der Waals surface area contributed by atoms with Gasteiger partial charge in [0.15, 0.2) is 5.82 Å². The molecule has 2 heterocycles. The molecule has 1 aliphatic rings. The molecule has 146 valence electrons. The highest BCUT2D eigenvalue weighted by atomic mass is 32.2. The summed E-state index contributed by atoms with van der Waals surface area (Å²) in [6.07, 6.45) is 3.17. The Labute approximate surface area is 164 Å². The van der Waals surface area contributed by atoms with Gasteiger partial charge >= 0.3 is 0 Å². The van der Waals surface area contributed by atoms with Gasteiger partial charge in [-0.15, -0.1) is 10.2 Å². The van der Waals surface area contributed by atoms with Crippen LogP contribution in [0.4, 0.5) is 0 Å². The summed E-state index contributed by atoms with van der Waals surface area (Å²) in [6.45, 7) is 0.927. The Morgan fingerprint density at radius 2 is 1.68 bits per heavy atom. The number of benzene rings is 2. The molecule has 0 bridgehead atoms. The van der Waals surface area contributed by atoms with Crippen molar-refractivity contribution >= 4 is 10.0 Å². The number of hydrogen-bond donors (Lipinski definition) is 0. The number of sulfonamides is 1. The van der Waals surface area contributed by atoms with Gasteiger partial charge in [0.1, 0.15) is 12.1 Å². The van der Waals surface area contributed by atoms with Crippen molar-refractivity contribution in [3.8, 4) is 17.1 Å². The molecule has 1 saturated heterocycles. The number of nitrogens with zero attached hydrogens (tertiary/aromatic N) is 4. The number of ether oxygens (including phenoxy) is 1. The van der Waals surface area contributed by atoms with Crippen molar-refractivity contribution < 1.29 is 13.2 Å². The van der Waals surface area contributed by atoms with Crippen molar-refractivity contribution in [1.29, 1.82) is 0 Å². The summed E-state index contributed by atoms with van der Waals surface area (Å²) in [5.41, 5.74) is 1.01. The molecule has 4 rings (SSSR count). The third-order valence-electron chi connectivity index (χ3n) is 5.12. The first kappa shape index (κ1) is 18.6. The number of hydrogen-bond acceptors (Lipinski definition) is 5. The topological polar surface area (TPSA) is 77.3 Å². The molecule has 1 aliphatic heterocycles. The molecule has 1 fully saturated rings. The summed E-state index contributed by atoms with van der Waals surface area (Å²) >= 11 is 0. The Hall–Kier alpha value is -2.71. The first-order valence-electron chi connectivity index (χ1n) is 9.19. The van der Waals surface area contributed by atoms with Gasteiger partial charge in [-0.05, 0) is 37.1 Å². The number of aromatic nitrogens is 3. The second-order valence-electron chi connectivity index (χ2n) is 6.74. The first-order chi connectivity index (χ1) is 13.6. The minimum atomic E-state index is -3.50. The molecule has 0 saturated carbocycles. The lowest BCUT2D eigenvalue weighted by Gasteiger charge is -2.32. The smallest absolute Gasteiger partial charge is 0.243 e. The van der Waals surface area contributed by atoms with Crippen molar-refractivity contribution in [1.82, 2.24) is 19.1 Å². The van der Waals surface area contributed by atoms with Crippen molar-refractivity contribution in [3.05, 3.63) is 60.9 Å². The van der Waals surface area contributed by atoms with Gasteiger partial charge in [-0.2, -0.15) is 4.31 Å². The average molecular weight is 398 g/mol. The molecule has 1 aromatic heterocycles. The van der Waals surface area contributed by atoms with Crippen molar-refractivity contribution in [2.45, 2.75) is 23.8 Å². The molecule has 0 aliphatic carbocycles. The summed E-state index contributed by atoms with van der Waals surface area (Å²) in [6, 6.07) is 16.6. The Bertz CT molecular complexity index is 1020. The molecule has 0 amide bonds. The van der Waals surface area contributed by atoms with Crippen molar-refractivity contribution in [2.24, 2.45) is 0 Å². The molecule has 0 unspecified atom stereocenters. The quantitative estimate of drug-likeness (QED) is 0.660. The van der Waals surface area contributed by atoms with E-state index in [2.05, 4.69) is 14.8 Å². The largest absolute Gasteiger partial charge is 0.497 e. The second kappa shape index (κ2) is 7.73. The molecule has 0 atom stereocenters. The first-order valence-corrected chi connectivity index (χ1v) is 10.6. The summed E-state index contributed by atoms with van der Waals surface area (Å²) in [5.74, 6) is 1.45. The minimum Gasteiger partial charge on any atom is -0.497 e. The van der Waals surface area contributed by atoms with E-state index >= 15 is 0 Å². The van der Waals surface area contributed by atoms with Crippen LogP contribution in [-0.2, 0) is 10.0 Å². The van der Waals surface area contributed by atoms with Crippen molar-refractivity contribution in [3.63, 3.8) is 0 Å². The van der Waals surface area contributed by atoms with E-state index in [1.165, 1.54) is 0 Å². The second-order valence-corrected chi connectivity index (χ2v) is 8.68. The standard InChI is InChI=1S/C20H22N4O3S/c1-27-18-7-9-19(10-8-18)28(25,26)23-13-11-17(12-14-23)24-15-21-22-20(24)16-5-3-2-4-6-16/h2-10,15,17H,11-14H2,1H3. The lowest BCUT2D eigenvalue weighted by molar-refractivity contribution is 0.275. The molecule has 28 heavy (non-hydrogen) atoms. The van der Waals surface area contributed by atoms with Crippen LogP contribution in [0.2, 0.25) is 0 Å². The number of methoxy groups -OCH3 is 1. The highest BCUT2D eigenvalue weighted by Crippen LogP contribution is 2.30. The monoisotopic (exact) mass is 398 g/mol. The Balaban J connectivity index is 1.49. The molecule has 7 nitrogen and oxygen atoms in total. The zero-order valence-electron chi connectivity index (χ0n) is 15.6. The van der Waals surface area contributed by atoms with Crippen LogP contribution in [0.25, 0.3) is 11.4 Å². The van der Waals surface area contributed by atoms with E-state index in [1.807, 2.05) is 30.3 Å². The van der Waals surface area contributed by atoms with Crippen LogP contribution in [-0.4, -0.2) is 47.7 Å². The third-order valence-corrected chi connectivity index (χ3v) is 7.03. The maximum Gasteiger partial charge on any atom is 0.243 e. The van der Waals surface area contributed by atoms with E-state index in [-0.39, 0.29) is 6.04 Å². The van der Waals surface area contributed by atoms with Gasteiger partial charge in [0.05, 0.1) is 12.0 Å². The normalized spacial score (nSPS) is 16.2. The molecule has 0 N–H and O–H groups in total. The Kier molecular flexibility index (Phi) is 5.15. The lowest BCUT2D eigenvalue weighted by atomic mass is 10.1. The predicted molar refractivity (Wildman–Crippen MR) is 105 cm³/mol. The van der Waals surface area contributed by atoms with Crippen LogP contribution in [0.5, 0.6) is 5.75 Å². The van der Waals surface area contributed by atoms with E-state index in [1.54, 1.807) is 42.0 Å². The van der Waals surface area contributed by atoms with Gasteiger partial charge in [0.25, 0.3) is 0 Å². The highest BCUT2D eigenvalue weighted by Gasteiger charge is 2.31. The molecule has 0 radical (unpaired) electrons. The zero-order valence-corrected chi connectivity index (χ0v) is 16.4. The van der Waals surface area contributed by atoms with Crippen LogP contribution in [0, 0.1) is 0 Å². The fourth-order valence-electron chi connectivity index (χ4n) is 3.56. The van der Waals surface area contributed by atoms with Crippen LogP contribution in [0.15, 0.2) is 65.8 Å². The summed E-state index contributed by atoms with van der Waals surface area (Å²) in [7, 11) is -1.95. The summed E-state index contributed by atoms with van der Waals surface area (Å²) in [4.78, 5) is 0.293. The van der Waals surface area contributed by atoms with Crippen LogP contribution >= 0.6 is 0 Å². The maximum atomic E-state index is 12.9. The lowest BCUT2D eigenvalue weighted by Crippen LogP contribution is -2.39. The van der Waals surface area contributed by atoms with Gasteiger partial charge in [-0.3, -0.25) is 0 Å². The van der Waals surface area contributed by atoms with E-state index < -0.39 is 10.0 Å². The molecule has 8 heteroatoms.